The minimum atomic E-state index is -6.09. The first-order valence-corrected chi connectivity index (χ1v) is 13.7. The Morgan fingerprint density at radius 3 is 0.568 bits per heavy atom. The van der Waals surface area contributed by atoms with Gasteiger partial charge in [0.05, 0.1) is 0 Å². The Morgan fingerprint density at radius 1 is 0.432 bits per heavy atom. The van der Waals surface area contributed by atoms with Gasteiger partial charge in [-0.25, -0.2) is 16.8 Å². The number of hydrogen-bond acceptors (Lipinski definition) is 10. The summed E-state index contributed by atoms with van der Waals surface area (Å²) in [6.45, 7) is 8.00. The molecule has 4 aliphatic heterocycles. The van der Waals surface area contributed by atoms with Crippen LogP contribution in [-0.2, 0) is 56.3 Å². The zero-order valence-corrected chi connectivity index (χ0v) is 22.6. The summed E-state index contributed by atoms with van der Waals surface area (Å²) in [7, 11) is -12.2. The minimum Gasteiger partial charge on any atom is -0.741 e. The van der Waals surface area contributed by atoms with Crippen molar-refractivity contribution >= 4 is 20.2 Å². The third kappa shape index (κ3) is 28.6. The molecule has 0 aliphatic carbocycles. The maximum Gasteiger partial charge on any atom is 2.00 e. The van der Waals surface area contributed by atoms with Crippen LogP contribution < -0.4 is 0 Å². The SMILES string of the molecule is C1CCOC1.C1CCOC1.C1CCOC1.C1CCOC1.O=S(=O)([O-])C(F)(F)F.O=S(=O)([O-])C(F)(F)F.[Fe+2]. The molecule has 0 spiro atoms. The van der Waals surface area contributed by atoms with E-state index in [9.17, 15) is 26.3 Å². The van der Waals surface area contributed by atoms with Gasteiger partial charge in [0, 0.05) is 52.9 Å². The molecular weight excluding hydrogens is 610 g/mol. The van der Waals surface area contributed by atoms with Gasteiger partial charge in [0.15, 0.2) is 20.2 Å². The van der Waals surface area contributed by atoms with Crippen molar-refractivity contribution in [3.8, 4) is 0 Å². The number of rotatable bonds is 0. The molecule has 10 nitrogen and oxygen atoms in total. The number of hydrogen-bond donors (Lipinski definition) is 0. The third-order valence-corrected chi connectivity index (χ3v) is 5.01. The normalized spacial score (nSPS) is 19.0. The molecule has 0 aromatic carbocycles. The van der Waals surface area contributed by atoms with Crippen LogP contribution >= 0.6 is 0 Å². The van der Waals surface area contributed by atoms with Crippen molar-refractivity contribution < 1.29 is 88.3 Å². The molecule has 0 N–H and O–H groups in total. The molecule has 0 unspecified atom stereocenters. The summed E-state index contributed by atoms with van der Waals surface area (Å²) in [6.07, 6.45) is 10.2. The van der Waals surface area contributed by atoms with Crippen LogP contribution in [0.5, 0.6) is 0 Å². The second-order valence-electron chi connectivity index (χ2n) is 7.08. The Balaban J connectivity index is -0.000000377. The fraction of sp³-hybridized carbons (Fsp3) is 1.00. The van der Waals surface area contributed by atoms with Gasteiger partial charge in [-0.1, -0.05) is 0 Å². The second-order valence-corrected chi connectivity index (χ2v) is 9.82. The Bertz CT molecular complexity index is 606. The zero-order valence-electron chi connectivity index (χ0n) is 19.8. The third-order valence-electron chi connectivity index (χ3n) is 3.88. The van der Waals surface area contributed by atoms with Crippen LogP contribution in [0.3, 0.4) is 0 Å². The standard InChI is InChI=1S/4C4H8O.2CHF3O3S.Fe/c4*1-2-4-5-3-1;2*2-1(3,4)8(5,6)7;/h4*1-4H2;2*(H,5,6,7);/q;;;;;;+2/p-2. The average Bonchev–Trinajstić information content (AvgIpc) is 3.58. The van der Waals surface area contributed by atoms with Crippen molar-refractivity contribution in [2.75, 3.05) is 52.9 Å². The summed E-state index contributed by atoms with van der Waals surface area (Å²) in [6, 6.07) is 0. The van der Waals surface area contributed by atoms with E-state index in [1.54, 1.807) is 0 Å². The summed E-state index contributed by atoms with van der Waals surface area (Å²) in [5.41, 5.74) is -11.3. The minimum absolute atomic E-state index is 0. The summed E-state index contributed by atoms with van der Waals surface area (Å²) < 4.78 is 138. The van der Waals surface area contributed by atoms with Crippen molar-refractivity contribution in [1.29, 1.82) is 0 Å². The molecule has 226 valence electrons. The van der Waals surface area contributed by atoms with E-state index in [1.165, 1.54) is 51.4 Å². The Hall–Kier alpha value is -0.241. The molecule has 4 aliphatic rings. The van der Waals surface area contributed by atoms with Gasteiger partial charge >= 0.3 is 28.1 Å². The van der Waals surface area contributed by atoms with E-state index in [-0.39, 0.29) is 17.1 Å². The number of halogens is 6. The molecule has 4 rings (SSSR count). The number of alkyl halides is 6. The Kier molecular flexibility index (Phi) is 25.2. The molecule has 0 saturated carbocycles. The maximum absolute atomic E-state index is 10.7. The van der Waals surface area contributed by atoms with E-state index < -0.39 is 31.3 Å². The summed E-state index contributed by atoms with van der Waals surface area (Å²) in [5, 5.41) is 0. The van der Waals surface area contributed by atoms with Crippen LogP contribution in [0.25, 0.3) is 0 Å². The quantitative estimate of drug-likeness (QED) is 0.167. The molecule has 0 amide bonds. The largest absolute Gasteiger partial charge is 2.00 e. The van der Waals surface area contributed by atoms with Gasteiger partial charge < -0.3 is 28.1 Å². The van der Waals surface area contributed by atoms with Crippen LogP contribution in [-0.4, -0.2) is 89.8 Å². The Morgan fingerprint density at radius 2 is 0.541 bits per heavy atom. The fourth-order valence-corrected chi connectivity index (χ4v) is 2.04. The van der Waals surface area contributed by atoms with E-state index in [2.05, 4.69) is 0 Å². The van der Waals surface area contributed by atoms with Gasteiger partial charge in [0.25, 0.3) is 0 Å². The molecule has 4 heterocycles. The molecular formula is C18H32F6FeO10S2. The Labute approximate surface area is 223 Å². The molecule has 4 saturated heterocycles. The first kappa shape index (κ1) is 41.2. The van der Waals surface area contributed by atoms with Gasteiger partial charge in [-0.3, -0.25) is 0 Å². The smallest absolute Gasteiger partial charge is 0.741 e. The van der Waals surface area contributed by atoms with Crippen LogP contribution in [0.2, 0.25) is 0 Å². The topological polar surface area (TPSA) is 151 Å². The van der Waals surface area contributed by atoms with Crippen LogP contribution in [0.4, 0.5) is 26.3 Å². The molecule has 0 aromatic rings. The molecule has 0 bridgehead atoms. The first-order chi connectivity index (χ1) is 16.5. The monoisotopic (exact) mass is 642 g/mol. The predicted octanol–water partition coefficient (Wildman–Crippen LogP) is 3.29. The fourth-order valence-electron chi connectivity index (χ4n) is 2.04. The second kappa shape index (κ2) is 22.6. The van der Waals surface area contributed by atoms with E-state index in [1.807, 2.05) is 0 Å². The van der Waals surface area contributed by atoms with E-state index in [0.29, 0.717) is 0 Å². The maximum atomic E-state index is 10.7. The van der Waals surface area contributed by atoms with Crippen molar-refractivity contribution in [2.24, 2.45) is 0 Å². The molecule has 37 heavy (non-hydrogen) atoms. The van der Waals surface area contributed by atoms with Crippen molar-refractivity contribution in [1.82, 2.24) is 0 Å². The van der Waals surface area contributed by atoms with E-state index in [0.717, 1.165) is 52.9 Å². The van der Waals surface area contributed by atoms with Crippen molar-refractivity contribution in [2.45, 2.75) is 62.4 Å². The number of ether oxygens (including phenoxy) is 4. The van der Waals surface area contributed by atoms with Gasteiger partial charge in [0.1, 0.15) is 0 Å². The van der Waals surface area contributed by atoms with Gasteiger partial charge in [-0.05, 0) is 51.4 Å². The van der Waals surface area contributed by atoms with Crippen LogP contribution in [0, 0.1) is 0 Å². The van der Waals surface area contributed by atoms with Crippen molar-refractivity contribution in [3.05, 3.63) is 0 Å². The molecule has 0 radical (unpaired) electrons. The van der Waals surface area contributed by atoms with Gasteiger partial charge in [-0.2, -0.15) is 26.3 Å². The van der Waals surface area contributed by atoms with Gasteiger partial charge in [0.2, 0.25) is 0 Å². The van der Waals surface area contributed by atoms with Crippen LogP contribution in [0.1, 0.15) is 51.4 Å². The first-order valence-electron chi connectivity index (χ1n) is 10.9. The summed E-state index contributed by atoms with van der Waals surface area (Å²) in [5.74, 6) is 0. The van der Waals surface area contributed by atoms with E-state index in [4.69, 9.17) is 44.9 Å². The summed E-state index contributed by atoms with van der Waals surface area (Å²) in [4.78, 5) is 0. The summed E-state index contributed by atoms with van der Waals surface area (Å²) >= 11 is 0. The molecule has 4 fully saturated rings. The predicted molar refractivity (Wildman–Crippen MR) is 112 cm³/mol. The van der Waals surface area contributed by atoms with E-state index >= 15 is 0 Å². The van der Waals surface area contributed by atoms with Crippen molar-refractivity contribution in [3.63, 3.8) is 0 Å². The van der Waals surface area contributed by atoms with Crippen LogP contribution in [0.15, 0.2) is 0 Å². The average molecular weight is 642 g/mol. The zero-order chi connectivity index (χ0) is 28.1. The van der Waals surface area contributed by atoms with Gasteiger partial charge in [-0.15, -0.1) is 0 Å². The molecule has 19 heteroatoms. The molecule has 0 atom stereocenters. The molecule has 0 aromatic heterocycles.